The largest absolute Gasteiger partial charge is 0.311 e. The van der Waals surface area contributed by atoms with Crippen LogP contribution in [0.25, 0.3) is 0 Å². The predicted molar refractivity (Wildman–Crippen MR) is 71.5 cm³/mol. The smallest absolute Gasteiger partial charge is 0.137 e. The first-order chi connectivity index (χ1) is 8.20. The van der Waals surface area contributed by atoms with Crippen molar-refractivity contribution in [3.8, 4) is 0 Å². The number of rotatable bonds is 3. The van der Waals surface area contributed by atoms with Crippen LogP contribution in [0.5, 0.6) is 0 Å². The van der Waals surface area contributed by atoms with Gasteiger partial charge in [0.25, 0.3) is 0 Å². The maximum atomic E-state index is 13.4. The zero-order valence-corrected chi connectivity index (χ0v) is 11.6. The number of hydrogen-bond acceptors (Lipinski definition) is 2. The minimum atomic E-state index is -0.176. The third kappa shape index (κ3) is 3.27. The molecule has 0 aliphatic carbocycles. The highest BCUT2D eigenvalue weighted by molar-refractivity contribution is 9.10. The van der Waals surface area contributed by atoms with Gasteiger partial charge in [0.15, 0.2) is 0 Å². The molecular weight excluding hydrogens is 283 g/mol. The molecule has 1 aliphatic rings. The van der Waals surface area contributed by atoms with E-state index in [0.29, 0.717) is 10.5 Å². The van der Waals surface area contributed by atoms with Gasteiger partial charge >= 0.3 is 0 Å². The van der Waals surface area contributed by atoms with Gasteiger partial charge in [0.2, 0.25) is 0 Å². The molecule has 0 aromatic heterocycles. The van der Waals surface area contributed by atoms with Crippen molar-refractivity contribution in [2.24, 2.45) is 0 Å². The molecule has 0 amide bonds. The molecule has 1 fully saturated rings. The van der Waals surface area contributed by atoms with E-state index in [4.69, 9.17) is 0 Å². The van der Waals surface area contributed by atoms with E-state index in [-0.39, 0.29) is 5.82 Å². The number of benzene rings is 1. The summed E-state index contributed by atoms with van der Waals surface area (Å²) in [5.41, 5.74) is 1.03. The molecule has 1 unspecified atom stereocenters. The fourth-order valence-electron chi connectivity index (χ4n) is 2.22. The normalized spacial score (nSPS) is 21.7. The SMILES string of the molecule is CCC1CN(Cc2cccc(F)c2Br)CCN1. The lowest BCUT2D eigenvalue weighted by Crippen LogP contribution is -2.49. The van der Waals surface area contributed by atoms with E-state index in [1.807, 2.05) is 6.07 Å². The maximum absolute atomic E-state index is 13.4. The Labute approximate surface area is 110 Å². The van der Waals surface area contributed by atoms with Crippen molar-refractivity contribution in [3.05, 3.63) is 34.1 Å². The number of piperazine rings is 1. The van der Waals surface area contributed by atoms with Crippen LogP contribution in [0.4, 0.5) is 4.39 Å². The van der Waals surface area contributed by atoms with Crippen LogP contribution in [0.1, 0.15) is 18.9 Å². The fraction of sp³-hybridized carbons (Fsp3) is 0.538. The molecule has 0 bridgehead atoms. The number of nitrogens with one attached hydrogen (secondary N) is 1. The molecule has 1 aromatic carbocycles. The predicted octanol–water partition coefficient (Wildman–Crippen LogP) is 2.77. The van der Waals surface area contributed by atoms with Gasteiger partial charge in [-0.15, -0.1) is 0 Å². The van der Waals surface area contributed by atoms with Gasteiger partial charge in [-0.1, -0.05) is 19.1 Å². The Morgan fingerprint density at radius 2 is 2.35 bits per heavy atom. The molecule has 1 saturated heterocycles. The minimum Gasteiger partial charge on any atom is -0.311 e. The van der Waals surface area contributed by atoms with Crippen LogP contribution >= 0.6 is 15.9 Å². The number of halogens is 2. The highest BCUT2D eigenvalue weighted by atomic mass is 79.9. The molecule has 0 saturated carbocycles. The molecule has 2 nitrogen and oxygen atoms in total. The van der Waals surface area contributed by atoms with Crippen LogP contribution in [-0.2, 0) is 6.54 Å². The average molecular weight is 301 g/mol. The second-order valence-corrected chi connectivity index (χ2v) is 5.30. The van der Waals surface area contributed by atoms with E-state index in [9.17, 15) is 4.39 Å². The quantitative estimate of drug-likeness (QED) is 0.923. The molecule has 1 N–H and O–H groups in total. The summed E-state index contributed by atoms with van der Waals surface area (Å²) in [6, 6.07) is 5.81. The van der Waals surface area contributed by atoms with E-state index < -0.39 is 0 Å². The molecule has 94 valence electrons. The number of hydrogen-bond donors (Lipinski definition) is 1. The van der Waals surface area contributed by atoms with Crippen LogP contribution in [0.2, 0.25) is 0 Å². The summed E-state index contributed by atoms with van der Waals surface area (Å²) in [6.45, 7) is 6.10. The van der Waals surface area contributed by atoms with Crippen molar-refractivity contribution in [1.82, 2.24) is 10.2 Å². The monoisotopic (exact) mass is 300 g/mol. The van der Waals surface area contributed by atoms with Crippen molar-refractivity contribution < 1.29 is 4.39 Å². The molecule has 2 rings (SSSR count). The van der Waals surface area contributed by atoms with E-state index in [1.165, 1.54) is 6.07 Å². The van der Waals surface area contributed by atoms with Gasteiger partial charge in [-0.2, -0.15) is 0 Å². The maximum Gasteiger partial charge on any atom is 0.137 e. The molecule has 1 aromatic rings. The molecule has 0 radical (unpaired) electrons. The Kier molecular flexibility index (Phi) is 4.54. The minimum absolute atomic E-state index is 0.176. The molecule has 1 aliphatic heterocycles. The Balaban J connectivity index is 2.02. The Hall–Kier alpha value is -0.450. The van der Waals surface area contributed by atoms with Crippen LogP contribution in [0, 0.1) is 5.82 Å². The molecule has 17 heavy (non-hydrogen) atoms. The Bertz CT molecular complexity index is 384. The molecule has 4 heteroatoms. The van der Waals surface area contributed by atoms with E-state index in [1.54, 1.807) is 6.07 Å². The van der Waals surface area contributed by atoms with Gasteiger partial charge in [-0.3, -0.25) is 4.90 Å². The summed E-state index contributed by atoms with van der Waals surface area (Å²) >= 11 is 3.32. The topological polar surface area (TPSA) is 15.3 Å². The third-order valence-corrected chi connectivity index (χ3v) is 4.15. The van der Waals surface area contributed by atoms with Gasteiger partial charge in [0.05, 0.1) is 4.47 Å². The highest BCUT2D eigenvalue weighted by Gasteiger charge is 2.18. The molecule has 0 spiro atoms. The summed E-state index contributed by atoms with van der Waals surface area (Å²) in [7, 11) is 0. The second-order valence-electron chi connectivity index (χ2n) is 4.51. The zero-order valence-electron chi connectivity index (χ0n) is 10.0. The molecule has 1 heterocycles. The lowest BCUT2D eigenvalue weighted by molar-refractivity contribution is 0.189. The van der Waals surface area contributed by atoms with Crippen LogP contribution < -0.4 is 5.32 Å². The third-order valence-electron chi connectivity index (χ3n) is 3.26. The van der Waals surface area contributed by atoms with E-state index in [2.05, 4.69) is 33.1 Å². The van der Waals surface area contributed by atoms with Crippen LogP contribution in [0.15, 0.2) is 22.7 Å². The first-order valence-corrected chi connectivity index (χ1v) is 6.88. The van der Waals surface area contributed by atoms with Gasteiger partial charge in [0.1, 0.15) is 5.82 Å². The van der Waals surface area contributed by atoms with Gasteiger partial charge in [-0.25, -0.2) is 4.39 Å². The van der Waals surface area contributed by atoms with Gasteiger partial charge < -0.3 is 5.32 Å². The fourth-order valence-corrected chi connectivity index (χ4v) is 2.61. The lowest BCUT2D eigenvalue weighted by atomic mass is 10.1. The average Bonchev–Trinajstić information content (AvgIpc) is 2.35. The molecule has 1 atom stereocenters. The summed E-state index contributed by atoms with van der Waals surface area (Å²) < 4.78 is 14.0. The van der Waals surface area contributed by atoms with Crippen LogP contribution in [-0.4, -0.2) is 30.6 Å². The second kappa shape index (κ2) is 5.94. The van der Waals surface area contributed by atoms with Crippen LogP contribution in [0.3, 0.4) is 0 Å². The van der Waals surface area contributed by atoms with Crippen molar-refractivity contribution >= 4 is 15.9 Å². The molecular formula is C13H18BrFN2. The first-order valence-electron chi connectivity index (χ1n) is 6.09. The standard InChI is InChI=1S/C13H18BrFN2/c1-2-11-9-17(7-6-16-11)8-10-4-3-5-12(15)13(10)14/h3-5,11,16H,2,6-9H2,1H3. The summed E-state index contributed by atoms with van der Waals surface area (Å²) in [4.78, 5) is 2.38. The zero-order chi connectivity index (χ0) is 12.3. The first kappa shape index (κ1) is 13.0. The van der Waals surface area contributed by atoms with Crippen molar-refractivity contribution in [3.63, 3.8) is 0 Å². The van der Waals surface area contributed by atoms with Gasteiger partial charge in [-0.05, 0) is 34.0 Å². The van der Waals surface area contributed by atoms with Crippen molar-refractivity contribution in [2.45, 2.75) is 25.9 Å². The Morgan fingerprint density at radius 3 is 3.12 bits per heavy atom. The Morgan fingerprint density at radius 1 is 1.53 bits per heavy atom. The van der Waals surface area contributed by atoms with Crippen molar-refractivity contribution in [1.29, 1.82) is 0 Å². The van der Waals surface area contributed by atoms with Gasteiger partial charge in [0, 0.05) is 32.2 Å². The van der Waals surface area contributed by atoms with E-state index in [0.717, 1.165) is 38.2 Å². The summed E-state index contributed by atoms with van der Waals surface area (Å²) in [5, 5.41) is 3.48. The van der Waals surface area contributed by atoms with E-state index >= 15 is 0 Å². The highest BCUT2D eigenvalue weighted by Crippen LogP contribution is 2.22. The summed E-state index contributed by atoms with van der Waals surface area (Å²) in [6.07, 6.45) is 1.14. The number of nitrogens with zero attached hydrogens (tertiary/aromatic N) is 1. The summed E-state index contributed by atoms with van der Waals surface area (Å²) in [5.74, 6) is -0.176. The van der Waals surface area contributed by atoms with Crippen molar-refractivity contribution in [2.75, 3.05) is 19.6 Å². The lowest BCUT2D eigenvalue weighted by Gasteiger charge is -2.33.